The minimum absolute atomic E-state index is 0.0670. The highest BCUT2D eigenvalue weighted by molar-refractivity contribution is 7.80. The van der Waals surface area contributed by atoms with Crippen molar-refractivity contribution < 1.29 is 4.74 Å². The van der Waals surface area contributed by atoms with Gasteiger partial charge in [-0.05, 0) is 69.1 Å². The van der Waals surface area contributed by atoms with Gasteiger partial charge in [-0.25, -0.2) is 0 Å². The number of rotatable bonds is 7. The van der Waals surface area contributed by atoms with Gasteiger partial charge in [-0.15, -0.1) is 0 Å². The SMILES string of the molecule is Cc1cc([C@@H]2[C@H](c3ccccn3)NC(=S)N2CCCN2CCOCC2)c(C)n1C1CCCCC1. The van der Waals surface area contributed by atoms with Gasteiger partial charge in [0.2, 0.25) is 0 Å². The molecular formula is C27H39N5OS. The van der Waals surface area contributed by atoms with Gasteiger partial charge < -0.3 is 19.5 Å². The standard InChI is InChI=1S/C27H39N5OS/c1-20-19-23(21(2)32(20)22-9-4-3-5-10-22)26-25(24-11-6-7-12-28-24)29-27(34)31(26)14-8-13-30-15-17-33-18-16-30/h6-7,11-12,19,22,25-26H,3-5,8-10,13-18H2,1-2H3,(H,29,34)/t25-,26+/m0/s1. The monoisotopic (exact) mass is 481 g/mol. The molecule has 0 radical (unpaired) electrons. The lowest BCUT2D eigenvalue weighted by Crippen LogP contribution is -2.39. The molecule has 2 aliphatic heterocycles. The van der Waals surface area contributed by atoms with Crippen molar-refractivity contribution >= 4 is 17.3 Å². The number of nitrogens with zero attached hydrogens (tertiary/aromatic N) is 4. The van der Waals surface area contributed by atoms with E-state index < -0.39 is 0 Å². The summed E-state index contributed by atoms with van der Waals surface area (Å²) in [4.78, 5) is 9.67. The molecule has 3 aliphatic rings. The third-order valence-electron chi connectivity index (χ3n) is 7.96. The van der Waals surface area contributed by atoms with Gasteiger partial charge in [0, 0.05) is 49.8 Å². The van der Waals surface area contributed by atoms with Crippen LogP contribution in [0.4, 0.5) is 0 Å². The maximum absolute atomic E-state index is 5.92. The fourth-order valence-electron chi connectivity index (χ4n) is 6.28. The van der Waals surface area contributed by atoms with Gasteiger partial charge in [-0.2, -0.15) is 0 Å². The van der Waals surface area contributed by atoms with Gasteiger partial charge in [-0.3, -0.25) is 9.88 Å². The Morgan fingerprint density at radius 3 is 2.62 bits per heavy atom. The Bertz CT molecular complexity index is 965. The van der Waals surface area contributed by atoms with Crippen molar-refractivity contribution in [3.05, 3.63) is 53.1 Å². The number of nitrogens with one attached hydrogen (secondary N) is 1. The van der Waals surface area contributed by atoms with Gasteiger partial charge >= 0.3 is 0 Å². The molecule has 2 aromatic heterocycles. The second kappa shape index (κ2) is 10.8. The Labute approximate surface area is 209 Å². The number of pyridine rings is 1. The summed E-state index contributed by atoms with van der Waals surface area (Å²) < 4.78 is 8.14. The molecule has 34 heavy (non-hydrogen) atoms. The molecule has 184 valence electrons. The van der Waals surface area contributed by atoms with Crippen LogP contribution in [0, 0.1) is 13.8 Å². The van der Waals surface area contributed by atoms with Crippen LogP contribution < -0.4 is 5.32 Å². The van der Waals surface area contributed by atoms with Crippen LogP contribution in [0.5, 0.6) is 0 Å². The lowest BCUT2D eigenvalue weighted by Gasteiger charge is -2.31. The smallest absolute Gasteiger partial charge is 0.170 e. The van der Waals surface area contributed by atoms with Gasteiger partial charge in [-0.1, -0.05) is 25.3 Å². The summed E-state index contributed by atoms with van der Waals surface area (Å²) in [5.74, 6) is 0. The average Bonchev–Trinajstić information content (AvgIpc) is 3.35. The summed E-state index contributed by atoms with van der Waals surface area (Å²) in [7, 11) is 0. The molecule has 5 rings (SSSR count). The lowest BCUT2D eigenvalue weighted by atomic mass is 9.94. The summed E-state index contributed by atoms with van der Waals surface area (Å²) >= 11 is 5.92. The predicted octanol–water partition coefficient (Wildman–Crippen LogP) is 4.70. The topological polar surface area (TPSA) is 45.6 Å². The highest BCUT2D eigenvalue weighted by Crippen LogP contribution is 2.42. The largest absolute Gasteiger partial charge is 0.379 e. The molecule has 7 heteroatoms. The molecule has 1 N–H and O–H groups in total. The van der Waals surface area contributed by atoms with Crippen LogP contribution in [0.3, 0.4) is 0 Å². The van der Waals surface area contributed by atoms with Crippen LogP contribution in [0.1, 0.15) is 79.3 Å². The molecule has 3 fully saturated rings. The van der Waals surface area contributed by atoms with E-state index in [1.54, 1.807) is 0 Å². The molecule has 2 saturated heterocycles. The zero-order valence-electron chi connectivity index (χ0n) is 20.7. The zero-order chi connectivity index (χ0) is 23.5. The summed E-state index contributed by atoms with van der Waals surface area (Å²) in [6.07, 6.45) is 9.64. The van der Waals surface area contributed by atoms with Gasteiger partial charge in [0.25, 0.3) is 0 Å². The zero-order valence-corrected chi connectivity index (χ0v) is 21.5. The second-order valence-electron chi connectivity index (χ2n) is 10.1. The van der Waals surface area contributed by atoms with E-state index in [1.807, 2.05) is 12.3 Å². The number of thiocarbonyl (C=S) groups is 1. The maximum Gasteiger partial charge on any atom is 0.170 e. The van der Waals surface area contributed by atoms with E-state index in [0.29, 0.717) is 6.04 Å². The summed E-state index contributed by atoms with van der Waals surface area (Å²) in [5.41, 5.74) is 5.25. The third-order valence-corrected chi connectivity index (χ3v) is 8.31. The number of hydrogen-bond donors (Lipinski definition) is 1. The van der Waals surface area contributed by atoms with Crippen LogP contribution in [0.25, 0.3) is 0 Å². The van der Waals surface area contributed by atoms with Gasteiger partial charge in [0.1, 0.15) is 0 Å². The lowest BCUT2D eigenvalue weighted by molar-refractivity contribution is 0.0365. The molecule has 2 atom stereocenters. The van der Waals surface area contributed by atoms with E-state index in [2.05, 4.69) is 51.7 Å². The average molecular weight is 482 g/mol. The van der Waals surface area contributed by atoms with Crippen molar-refractivity contribution in [2.24, 2.45) is 0 Å². The number of morpholine rings is 1. The molecule has 0 bridgehead atoms. The third kappa shape index (κ3) is 4.88. The predicted molar refractivity (Wildman–Crippen MR) is 140 cm³/mol. The quantitative estimate of drug-likeness (QED) is 0.579. The second-order valence-corrected chi connectivity index (χ2v) is 10.5. The van der Waals surface area contributed by atoms with E-state index in [-0.39, 0.29) is 12.1 Å². The molecule has 0 amide bonds. The normalized spacial score (nSPS) is 24.5. The Morgan fingerprint density at radius 1 is 1.09 bits per heavy atom. The molecule has 2 aromatic rings. The molecule has 0 spiro atoms. The van der Waals surface area contributed by atoms with Crippen LogP contribution in [-0.4, -0.2) is 63.9 Å². The first-order valence-electron chi connectivity index (χ1n) is 13.1. The molecule has 0 unspecified atom stereocenters. The number of ether oxygens (including phenoxy) is 1. The Morgan fingerprint density at radius 2 is 1.88 bits per heavy atom. The molecule has 1 aliphatic carbocycles. The van der Waals surface area contributed by atoms with E-state index in [1.165, 1.54) is 49.1 Å². The van der Waals surface area contributed by atoms with E-state index >= 15 is 0 Å². The van der Waals surface area contributed by atoms with E-state index in [0.717, 1.165) is 56.6 Å². The van der Waals surface area contributed by atoms with Crippen molar-refractivity contribution in [2.45, 2.75) is 70.5 Å². The number of aromatic nitrogens is 2. The van der Waals surface area contributed by atoms with Crippen LogP contribution in [0.15, 0.2) is 30.5 Å². The summed E-state index contributed by atoms with van der Waals surface area (Å²) in [5, 5.41) is 4.50. The Hall–Kier alpha value is -1.96. The van der Waals surface area contributed by atoms with Crippen molar-refractivity contribution in [1.29, 1.82) is 0 Å². The minimum atomic E-state index is 0.0670. The van der Waals surface area contributed by atoms with Gasteiger partial charge in [0.05, 0.1) is 31.0 Å². The van der Waals surface area contributed by atoms with Crippen molar-refractivity contribution in [3.8, 4) is 0 Å². The highest BCUT2D eigenvalue weighted by atomic mass is 32.1. The summed E-state index contributed by atoms with van der Waals surface area (Å²) in [6, 6.07) is 9.48. The van der Waals surface area contributed by atoms with Gasteiger partial charge in [0.15, 0.2) is 5.11 Å². The minimum Gasteiger partial charge on any atom is -0.379 e. The highest BCUT2D eigenvalue weighted by Gasteiger charge is 2.41. The first kappa shape index (κ1) is 23.8. The fraction of sp³-hybridized carbons (Fsp3) is 0.630. The first-order chi connectivity index (χ1) is 16.6. The first-order valence-corrected chi connectivity index (χ1v) is 13.5. The molecule has 4 heterocycles. The Kier molecular flexibility index (Phi) is 7.52. The van der Waals surface area contributed by atoms with E-state index in [4.69, 9.17) is 21.9 Å². The fourth-order valence-corrected chi connectivity index (χ4v) is 6.61. The van der Waals surface area contributed by atoms with Crippen molar-refractivity contribution in [1.82, 2.24) is 24.7 Å². The van der Waals surface area contributed by atoms with Crippen LogP contribution in [0.2, 0.25) is 0 Å². The number of hydrogen-bond acceptors (Lipinski definition) is 4. The van der Waals surface area contributed by atoms with Crippen LogP contribution >= 0.6 is 12.2 Å². The number of aryl methyl sites for hydroxylation is 1. The van der Waals surface area contributed by atoms with Crippen molar-refractivity contribution in [3.63, 3.8) is 0 Å². The van der Waals surface area contributed by atoms with E-state index in [9.17, 15) is 0 Å². The molecular weight excluding hydrogens is 442 g/mol. The van der Waals surface area contributed by atoms with Crippen LogP contribution in [-0.2, 0) is 4.74 Å². The maximum atomic E-state index is 5.92. The van der Waals surface area contributed by atoms with Crippen molar-refractivity contribution in [2.75, 3.05) is 39.4 Å². The molecule has 1 saturated carbocycles. The Balaban J connectivity index is 1.42. The molecule has 0 aromatic carbocycles. The molecule has 6 nitrogen and oxygen atoms in total. The summed E-state index contributed by atoms with van der Waals surface area (Å²) in [6.45, 7) is 10.4.